The van der Waals surface area contributed by atoms with Crippen LogP contribution >= 0.6 is 0 Å². The summed E-state index contributed by atoms with van der Waals surface area (Å²) in [5.41, 5.74) is 3.75. The van der Waals surface area contributed by atoms with Gasteiger partial charge >= 0.3 is 5.97 Å². The first-order valence-electron chi connectivity index (χ1n) is 14.7. The Balaban J connectivity index is 1.76. The summed E-state index contributed by atoms with van der Waals surface area (Å²) in [6.07, 6.45) is 6.76. The van der Waals surface area contributed by atoms with Gasteiger partial charge in [-0.3, -0.25) is 9.97 Å². The van der Waals surface area contributed by atoms with Crippen LogP contribution in [0.25, 0.3) is 11.3 Å². The predicted molar refractivity (Wildman–Crippen MR) is 157 cm³/mol. The number of carbonyl (C=O) groups excluding carboxylic acids is 1. The van der Waals surface area contributed by atoms with E-state index in [0.717, 1.165) is 73.6 Å². The zero-order valence-electron chi connectivity index (χ0n) is 25.6. The maximum absolute atomic E-state index is 13.6. The van der Waals surface area contributed by atoms with E-state index in [1.165, 1.54) is 0 Å². The summed E-state index contributed by atoms with van der Waals surface area (Å²) >= 11 is 0. The van der Waals surface area contributed by atoms with Crippen LogP contribution in [-0.4, -0.2) is 60.0 Å². The molecule has 0 aromatic carbocycles. The summed E-state index contributed by atoms with van der Waals surface area (Å²) in [7, 11) is 0. The average molecular weight is 554 g/mol. The van der Waals surface area contributed by atoms with Crippen LogP contribution in [-0.2, 0) is 19.0 Å². The third-order valence-corrected chi connectivity index (χ3v) is 7.49. The van der Waals surface area contributed by atoms with Gasteiger partial charge < -0.3 is 23.8 Å². The molecule has 2 aliphatic rings. The minimum Gasteiger partial charge on any atom is -0.489 e. The fraction of sp³-hybridized carbons (Fsp3) is 0.656. The van der Waals surface area contributed by atoms with E-state index in [1.54, 1.807) is 6.20 Å². The lowest BCUT2D eigenvalue weighted by Gasteiger charge is -2.41. The van der Waals surface area contributed by atoms with Gasteiger partial charge in [0, 0.05) is 42.7 Å². The highest BCUT2D eigenvalue weighted by atomic mass is 16.6. The molecular formula is C32H47N3O5. The first-order valence-corrected chi connectivity index (χ1v) is 14.7. The maximum atomic E-state index is 13.6. The SMILES string of the molecule is Cc1ncc(-c2ccc(OC[C@@H]3CCCO3)cn2)c(N2CCC(C)(C)CC2)c1[C@H](OC(C)(C)C)C(=O)OC(C)C. The molecule has 0 amide bonds. The number of ether oxygens (including phenoxy) is 4. The minimum atomic E-state index is -0.922. The Labute approximate surface area is 239 Å². The molecule has 40 heavy (non-hydrogen) atoms. The van der Waals surface area contributed by atoms with Crippen molar-refractivity contribution in [3.8, 4) is 17.0 Å². The summed E-state index contributed by atoms with van der Waals surface area (Å²) in [5.74, 6) is 0.298. The highest BCUT2D eigenvalue weighted by Gasteiger charge is 2.37. The molecule has 2 aromatic rings. The third kappa shape index (κ3) is 7.72. The molecule has 0 N–H and O–H groups in total. The Bertz CT molecular complexity index is 1140. The zero-order chi connectivity index (χ0) is 29.1. The van der Waals surface area contributed by atoms with Crippen LogP contribution in [0.15, 0.2) is 24.5 Å². The molecule has 4 heterocycles. The van der Waals surface area contributed by atoms with Crippen LogP contribution in [0.1, 0.15) is 91.5 Å². The first-order chi connectivity index (χ1) is 18.8. The number of hydrogen-bond acceptors (Lipinski definition) is 8. The molecule has 0 saturated carbocycles. The van der Waals surface area contributed by atoms with Crippen molar-refractivity contribution < 1.29 is 23.7 Å². The Morgan fingerprint density at radius 2 is 1.88 bits per heavy atom. The third-order valence-electron chi connectivity index (χ3n) is 7.49. The minimum absolute atomic E-state index is 0.142. The molecule has 2 saturated heterocycles. The molecule has 0 spiro atoms. The number of anilines is 1. The normalized spacial score (nSPS) is 20.0. The van der Waals surface area contributed by atoms with Crippen molar-refractivity contribution >= 4 is 11.7 Å². The van der Waals surface area contributed by atoms with E-state index >= 15 is 0 Å². The summed E-state index contributed by atoms with van der Waals surface area (Å²) in [4.78, 5) is 25.5. The summed E-state index contributed by atoms with van der Waals surface area (Å²) in [5, 5.41) is 0. The van der Waals surface area contributed by atoms with Gasteiger partial charge in [0.05, 0.1) is 35.4 Å². The standard InChI is InChI=1S/C32H47N3O5/c1-21(2)39-30(36)29(40-31(4,5)6)27-22(3)33-19-25(28(27)35-15-13-32(7,8)14-16-35)26-12-11-23(18-34-26)38-20-24-10-9-17-37-24/h11-12,18-19,21,24,29H,9-10,13-17,20H2,1-8H3/t24-,29-/m0/s1. The van der Waals surface area contributed by atoms with E-state index in [0.29, 0.717) is 12.4 Å². The molecule has 2 fully saturated rings. The van der Waals surface area contributed by atoms with Gasteiger partial charge in [-0.1, -0.05) is 13.8 Å². The van der Waals surface area contributed by atoms with Gasteiger partial charge in [-0.2, -0.15) is 0 Å². The van der Waals surface area contributed by atoms with Crippen molar-refractivity contribution in [1.29, 1.82) is 0 Å². The largest absolute Gasteiger partial charge is 0.489 e. The molecule has 0 unspecified atom stereocenters. The van der Waals surface area contributed by atoms with Crippen molar-refractivity contribution in [2.24, 2.45) is 5.41 Å². The van der Waals surface area contributed by atoms with E-state index in [4.69, 9.17) is 28.9 Å². The van der Waals surface area contributed by atoms with Crippen molar-refractivity contribution in [2.45, 2.75) is 105 Å². The lowest BCUT2D eigenvalue weighted by molar-refractivity contribution is -0.171. The summed E-state index contributed by atoms with van der Waals surface area (Å²) in [6, 6.07) is 3.90. The molecule has 2 atom stereocenters. The van der Waals surface area contributed by atoms with Gasteiger partial charge in [-0.05, 0) is 84.8 Å². The van der Waals surface area contributed by atoms with E-state index in [1.807, 2.05) is 59.9 Å². The quantitative estimate of drug-likeness (QED) is 0.328. The topological polar surface area (TPSA) is 83.0 Å². The van der Waals surface area contributed by atoms with E-state index in [2.05, 4.69) is 18.7 Å². The lowest BCUT2D eigenvalue weighted by Crippen LogP contribution is -2.39. The second-order valence-corrected chi connectivity index (χ2v) is 13.1. The van der Waals surface area contributed by atoms with E-state index in [-0.39, 0.29) is 17.6 Å². The molecule has 2 aromatic heterocycles. The van der Waals surface area contributed by atoms with Crippen LogP contribution in [0.4, 0.5) is 5.69 Å². The Hall–Kier alpha value is -2.71. The van der Waals surface area contributed by atoms with Crippen molar-refractivity contribution in [1.82, 2.24) is 9.97 Å². The monoisotopic (exact) mass is 553 g/mol. The predicted octanol–water partition coefficient (Wildman–Crippen LogP) is 6.44. The van der Waals surface area contributed by atoms with Gasteiger partial charge in [0.2, 0.25) is 0 Å². The van der Waals surface area contributed by atoms with Gasteiger partial charge in [-0.15, -0.1) is 0 Å². The number of piperidine rings is 1. The molecule has 8 heteroatoms. The zero-order valence-corrected chi connectivity index (χ0v) is 25.6. The smallest absolute Gasteiger partial charge is 0.340 e. The fourth-order valence-electron chi connectivity index (χ4n) is 5.25. The Morgan fingerprint density at radius 1 is 1.15 bits per heavy atom. The van der Waals surface area contributed by atoms with Crippen LogP contribution in [0.3, 0.4) is 0 Å². The van der Waals surface area contributed by atoms with Crippen molar-refractivity contribution in [3.05, 3.63) is 35.8 Å². The van der Waals surface area contributed by atoms with Crippen LogP contribution in [0.2, 0.25) is 0 Å². The number of pyridine rings is 2. The number of nitrogens with zero attached hydrogens (tertiary/aromatic N) is 3. The van der Waals surface area contributed by atoms with Gasteiger partial charge in [-0.25, -0.2) is 4.79 Å². The lowest BCUT2D eigenvalue weighted by atomic mass is 9.82. The van der Waals surface area contributed by atoms with Crippen LogP contribution < -0.4 is 9.64 Å². The van der Waals surface area contributed by atoms with Gasteiger partial charge in [0.1, 0.15) is 12.4 Å². The molecule has 0 radical (unpaired) electrons. The van der Waals surface area contributed by atoms with Gasteiger partial charge in [0.15, 0.2) is 6.10 Å². The second-order valence-electron chi connectivity index (χ2n) is 13.1. The average Bonchev–Trinajstić information content (AvgIpc) is 3.39. The maximum Gasteiger partial charge on any atom is 0.340 e. The molecule has 8 nitrogen and oxygen atoms in total. The highest BCUT2D eigenvalue weighted by molar-refractivity contribution is 5.86. The molecule has 0 aliphatic carbocycles. The van der Waals surface area contributed by atoms with Crippen molar-refractivity contribution in [3.63, 3.8) is 0 Å². The van der Waals surface area contributed by atoms with E-state index < -0.39 is 17.7 Å². The summed E-state index contributed by atoms with van der Waals surface area (Å²) < 4.78 is 23.8. The van der Waals surface area contributed by atoms with Gasteiger partial charge in [0.25, 0.3) is 0 Å². The summed E-state index contributed by atoms with van der Waals surface area (Å²) in [6.45, 7) is 19.2. The molecule has 4 rings (SSSR count). The first kappa shape index (κ1) is 30.3. The number of aryl methyl sites for hydroxylation is 1. The second kappa shape index (κ2) is 12.4. The molecule has 2 aliphatic heterocycles. The number of esters is 1. The molecule has 220 valence electrons. The number of hydrogen-bond donors (Lipinski definition) is 0. The van der Waals surface area contributed by atoms with Crippen LogP contribution in [0, 0.1) is 12.3 Å². The Kier molecular flexibility index (Phi) is 9.40. The molecule has 0 bridgehead atoms. The highest BCUT2D eigenvalue weighted by Crippen LogP contribution is 2.43. The number of carbonyl (C=O) groups is 1. The molecular weight excluding hydrogens is 506 g/mol. The van der Waals surface area contributed by atoms with Crippen LogP contribution in [0.5, 0.6) is 5.75 Å². The Morgan fingerprint density at radius 3 is 2.45 bits per heavy atom. The number of aromatic nitrogens is 2. The van der Waals surface area contributed by atoms with Crippen molar-refractivity contribution in [2.75, 3.05) is 31.2 Å². The van der Waals surface area contributed by atoms with E-state index in [9.17, 15) is 4.79 Å². The fourth-order valence-corrected chi connectivity index (χ4v) is 5.25. The number of rotatable bonds is 9.